The van der Waals surface area contributed by atoms with Gasteiger partial charge in [-0.3, -0.25) is 9.59 Å². The number of carboxylic acid groups (broad SMARTS) is 1. The van der Waals surface area contributed by atoms with Crippen molar-refractivity contribution in [2.75, 3.05) is 4.90 Å². The second-order valence-electron chi connectivity index (χ2n) is 6.00. The first kappa shape index (κ1) is 13.2. The molecule has 4 atom stereocenters. The smallest absolute Gasteiger partial charge is 0.335 e. The molecule has 2 saturated heterocycles. The van der Waals surface area contributed by atoms with E-state index in [-0.39, 0.29) is 23.5 Å². The number of nitrogens with zero attached hydrogens (tertiary/aromatic N) is 1. The second-order valence-corrected chi connectivity index (χ2v) is 6.00. The predicted molar refractivity (Wildman–Crippen MR) is 75.3 cm³/mol. The summed E-state index contributed by atoms with van der Waals surface area (Å²) in [7, 11) is 0. The lowest BCUT2D eigenvalue weighted by atomic mass is 9.78. The number of ether oxygens (including phenoxy) is 1. The average Bonchev–Trinajstić information content (AvgIpc) is 3.08. The average molecular weight is 299 g/mol. The minimum atomic E-state index is -1.10. The number of carbonyl (C=O) groups is 3. The summed E-state index contributed by atoms with van der Waals surface area (Å²) in [6.07, 6.45) is 3.28. The Morgan fingerprint density at radius 3 is 2.77 bits per heavy atom. The van der Waals surface area contributed by atoms with Crippen LogP contribution in [0.4, 0.5) is 5.69 Å². The Morgan fingerprint density at radius 2 is 2.09 bits per heavy atom. The van der Waals surface area contributed by atoms with Gasteiger partial charge in [-0.1, -0.05) is 18.2 Å². The molecule has 2 fully saturated rings. The van der Waals surface area contributed by atoms with Crippen molar-refractivity contribution in [1.82, 2.24) is 0 Å². The summed E-state index contributed by atoms with van der Waals surface area (Å²) in [4.78, 5) is 37.5. The number of hydrogen-bond acceptors (Lipinski definition) is 4. The van der Waals surface area contributed by atoms with Crippen LogP contribution in [0.2, 0.25) is 0 Å². The van der Waals surface area contributed by atoms with E-state index in [9.17, 15) is 14.4 Å². The van der Waals surface area contributed by atoms with E-state index in [1.165, 1.54) is 18.2 Å². The van der Waals surface area contributed by atoms with Gasteiger partial charge < -0.3 is 9.84 Å². The summed E-state index contributed by atoms with van der Waals surface area (Å²) in [5.41, 5.74) is -0.410. The molecule has 6 heteroatoms. The Kier molecular flexibility index (Phi) is 2.43. The maximum Gasteiger partial charge on any atom is 0.335 e. The quantitative estimate of drug-likeness (QED) is 0.655. The van der Waals surface area contributed by atoms with Crippen LogP contribution in [0.1, 0.15) is 17.3 Å². The lowest BCUT2D eigenvalue weighted by Crippen LogP contribution is -2.38. The SMILES string of the molecule is C[C@@]12C=C[C@@H](O1)[C@H]1C(=O)N(c3cccc(C(=O)O)c3)C(=O)[C@H]12. The number of imide groups is 1. The normalized spacial score (nSPS) is 35.3. The van der Waals surface area contributed by atoms with Gasteiger partial charge in [0.1, 0.15) is 0 Å². The Labute approximate surface area is 126 Å². The van der Waals surface area contributed by atoms with Crippen LogP contribution in [0.25, 0.3) is 0 Å². The highest BCUT2D eigenvalue weighted by molar-refractivity contribution is 6.23. The first-order chi connectivity index (χ1) is 10.4. The van der Waals surface area contributed by atoms with Crippen LogP contribution >= 0.6 is 0 Å². The third kappa shape index (κ3) is 1.50. The van der Waals surface area contributed by atoms with Crippen molar-refractivity contribution >= 4 is 23.5 Å². The van der Waals surface area contributed by atoms with Gasteiger partial charge in [-0.05, 0) is 25.1 Å². The predicted octanol–water partition coefficient (Wildman–Crippen LogP) is 1.22. The van der Waals surface area contributed by atoms with Crippen LogP contribution in [-0.2, 0) is 14.3 Å². The number of carboxylic acids is 1. The molecule has 4 rings (SSSR count). The highest BCUT2D eigenvalue weighted by Gasteiger charge is 2.66. The molecule has 0 spiro atoms. The fourth-order valence-corrected chi connectivity index (χ4v) is 3.69. The van der Waals surface area contributed by atoms with Crippen LogP contribution in [-0.4, -0.2) is 34.6 Å². The molecule has 1 aromatic carbocycles. The molecular formula is C16H13NO5. The molecule has 3 aliphatic rings. The number of anilines is 1. The number of benzene rings is 1. The van der Waals surface area contributed by atoms with Crippen molar-refractivity contribution in [3.8, 4) is 0 Å². The van der Waals surface area contributed by atoms with Crippen molar-refractivity contribution in [2.24, 2.45) is 11.8 Å². The summed E-state index contributed by atoms with van der Waals surface area (Å²) in [6, 6.07) is 5.87. The number of aromatic carboxylic acids is 1. The zero-order valence-corrected chi connectivity index (χ0v) is 11.7. The Morgan fingerprint density at radius 1 is 1.32 bits per heavy atom. The molecule has 0 radical (unpaired) electrons. The van der Waals surface area contributed by atoms with E-state index < -0.39 is 23.4 Å². The van der Waals surface area contributed by atoms with Crippen molar-refractivity contribution in [3.63, 3.8) is 0 Å². The topological polar surface area (TPSA) is 83.9 Å². The number of amides is 2. The Hall–Kier alpha value is -2.47. The molecule has 2 amide bonds. The third-order valence-corrected chi connectivity index (χ3v) is 4.68. The number of hydrogen-bond donors (Lipinski definition) is 1. The van der Waals surface area contributed by atoms with Gasteiger partial charge in [0.15, 0.2) is 0 Å². The zero-order chi connectivity index (χ0) is 15.6. The first-order valence-electron chi connectivity index (χ1n) is 7.01. The number of carbonyl (C=O) groups excluding carboxylic acids is 2. The van der Waals surface area contributed by atoms with Crippen molar-refractivity contribution in [3.05, 3.63) is 42.0 Å². The van der Waals surface area contributed by atoms with Gasteiger partial charge in [0.2, 0.25) is 11.8 Å². The van der Waals surface area contributed by atoms with Crippen molar-refractivity contribution < 1.29 is 24.2 Å². The molecule has 112 valence electrons. The monoisotopic (exact) mass is 299 g/mol. The maximum absolute atomic E-state index is 12.7. The van der Waals surface area contributed by atoms with Gasteiger partial charge in [0.25, 0.3) is 0 Å². The van der Waals surface area contributed by atoms with Crippen LogP contribution in [0, 0.1) is 11.8 Å². The fourth-order valence-electron chi connectivity index (χ4n) is 3.69. The molecule has 1 N–H and O–H groups in total. The van der Waals surface area contributed by atoms with E-state index >= 15 is 0 Å². The van der Waals surface area contributed by atoms with Gasteiger partial charge in [0.05, 0.1) is 34.8 Å². The van der Waals surface area contributed by atoms with E-state index in [1.54, 1.807) is 13.0 Å². The highest BCUT2D eigenvalue weighted by atomic mass is 16.5. The summed E-state index contributed by atoms with van der Waals surface area (Å²) in [6.45, 7) is 1.80. The molecular weight excluding hydrogens is 286 g/mol. The molecule has 2 bridgehead atoms. The summed E-state index contributed by atoms with van der Waals surface area (Å²) in [5, 5.41) is 9.06. The standard InChI is InChI=1S/C16H13NO5/c1-16-6-5-10(22-16)11-12(16)14(19)17(13(11)18)9-4-2-3-8(7-9)15(20)21/h2-7,10-12H,1H3,(H,20,21)/t10-,11-,12+,16+/m1/s1. The molecule has 22 heavy (non-hydrogen) atoms. The molecule has 0 aromatic heterocycles. The molecule has 6 nitrogen and oxygen atoms in total. The van der Waals surface area contributed by atoms with Crippen LogP contribution < -0.4 is 4.90 Å². The fraction of sp³-hybridized carbons (Fsp3) is 0.312. The molecule has 0 unspecified atom stereocenters. The van der Waals surface area contributed by atoms with Crippen LogP contribution in [0.5, 0.6) is 0 Å². The maximum atomic E-state index is 12.7. The minimum absolute atomic E-state index is 0.0405. The zero-order valence-electron chi connectivity index (χ0n) is 11.7. The third-order valence-electron chi connectivity index (χ3n) is 4.68. The molecule has 3 aliphatic heterocycles. The number of fused-ring (bicyclic) bond motifs is 5. The Balaban J connectivity index is 1.77. The van der Waals surface area contributed by atoms with Gasteiger partial charge >= 0.3 is 5.97 Å². The van der Waals surface area contributed by atoms with E-state index in [1.807, 2.05) is 12.2 Å². The summed E-state index contributed by atoms with van der Waals surface area (Å²) < 4.78 is 5.74. The summed E-state index contributed by atoms with van der Waals surface area (Å²) in [5.74, 6) is -2.81. The lowest BCUT2D eigenvalue weighted by Gasteiger charge is -2.24. The van der Waals surface area contributed by atoms with E-state index in [0.29, 0.717) is 5.69 Å². The van der Waals surface area contributed by atoms with Crippen LogP contribution in [0.15, 0.2) is 36.4 Å². The van der Waals surface area contributed by atoms with Crippen molar-refractivity contribution in [2.45, 2.75) is 18.6 Å². The molecule has 3 heterocycles. The van der Waals surface area contributed by atoms with Gasteiger partial charge in [-0.25, -0.2) is 9.69 Å². The van der Waals surface area contributed by atoms with E-state index in [4.69, 9.17) is 9.84 Å². The van der Waals surface area contributed by atoms with Gasteiger partial charge in [-0.15, -0.1) is 0 Å². The van der Waals surface area contributed by atoms with Gasteiger partial charge in [0, 0.05) is 0 Å². The molecule has 1 aromatic rings. The first-order valence-corrected chi connectivity index (χ1v) is 7.01. The van der Waals surface area contributed by atoms with Crippen LogP contribution in [0.3, 0.4) is 0 Å². The highest BCUT2D eigenvalue weighted by Crippen LogP contribution is 2.52. The molecule has 0 aliphatic carbocycles. The van der Waals surface area contributed by atoms with Crippen molar-refractivity contribution in [1.29, 1.82) is 0 Å². The minimum Gasteiger partial charge on any atom is -0.478 e. The van der Waals surface area contributed by atoms with E-state index in [2.05, 4.69) is 0 Å². The lowest BCUT2D eigenvalue weighted by molar-refractivity contribution is -0.126. The van der Waals surface area contributed by atoms with E-state index in [0.717, 1.165) is 4.90 Å². The number of rotatable bonds is 2. The largest absolute Gasteiger partial charge is 0.478 e. The Bertz CT molecular complexity index is 755. The van der Waals surface area contributed by atoms with Gasteiger partial charge in [-0.2, -0.15) is 0 Å². The summed E-state index contributed by atoms with van der Waals surface area (Å²) >= 11 is 0. The molecule has 0 saturated carbocycles. The second kappa shape index (κ2) is 4.04.